The highest BCUT2D eigenvalue weighted by molar-refractivity contribution is 7.99. The second kappa shape index (κ2) is 5.11. The third-order valence-electron chi connectivity index (χ3n) is 3.38. The molecule has 1 atom stereocenters. The van der Waals surface area contributed by atoms with E-state index < -0.39 is 23.2 Å². The van der Waals surface area contributed by atoms with Crippen molar-refractivity contribution in [1.29, 1.82) is 0 Å². The zero-order valence-corrected chi connectivity index (χ0v) is 13.2. The van der Waals surface area contributed by atoms with Crippen molar-refractivity contribution >= 4 is 23.8 Å². The topological polar surface area (TPSA) is 70.1 Å². The van der Waals surface area contributed by atoms with Crippen LogP contribution in [0.5, 0.6) is 0 Å². The summed E-state index contributed by atoms with van der Waals surface area (Å²) < 4.78 is 5.94. The number of carbonyl (C=O) groups is 2. The third kappa shape index (κ3) is 3.20. The van der Waals surface area contributed by atoms with Crippen LogP contribution < -0.4 is 0 Å². The van der Waals surface area contributed by atoms with Crippen LogP contribution in [0.2, 0.25) is 0 Å². The highest BCUT2D eigenvalue weighted by Crippen LogP contribution is 2.30. The van der Waals surface area contributed by atoms with Crippen LogP contribution in [0.25, 0.3) is 0 Å². The van der Waals surface area contributed by atoms with E-state index in [1.54, 1.807) is 4.90 Å². The lowest BCUT2D eigenvalue weighted by atomic mass is 9.99. The van der Waals surface area contributed by atoms with Gasteiger partial charge in [0, 0.05) is 5.75 Å². The molecule has 0 radical (unpaired) electrons. The van der Waals surface area contributed by atoms with Crippen molar-refractivity contribution in [2.24, 2.45) is 0 Å². The van der Waals surface area contributed by atoms with Gasteiger partial charge in [-0.05, 0) is 27.7 Å². The molecular weight excluding hydrogens is 280 g/mol. The first-order valence-electron chi connectivity index (χ1n) is 6.68. The summed E-state index contributed by atoms with van der Waals surface area (Å²) in [6.45, 7) is 8.73. The molecule has 7 heteroatoms. The summed E-state index contributed by atoms with van der Waals surface area (Å²) in [6.07, 6.45) is 0. The zero-order chi connectivity index (χ0) is 15.1. The van der Waals surface area contributed by atoms with Gasteiger partial charge in [0.2, 0.25) is 0 Å². The monoisotopic (exact) mass is 302 g/mol. The van der Waals surface area contributed by atoms with Crippen LogP contribution >= 0.6 is 11.8 Å². The van der Waals surface area contributed by atoms with Gasteiger partial charge in [-0.3, -0.25) is 0 Å². The summed E-state index contributed by atoms with van der Waals surface area (Å²) in [7, 11) is 0. The Labute approximate surface area is 123 Å². The standard InChI is InChI=1S/C13H22N2O4S/c1-12(2)6-14(7-13(3,4)19-12)11(18)15-8-20-5-9(15)10(16)17/h9H,5-8H2,1-4H3,(H,16,17)/t9-/m0/s1. The predicted molar refractivity (Wildman–Crippen MR) is 76.8 cm³/mol. The molecule has 0 saturated carbocycles. The van der Waals surface area contributed by atoms with Crippen LogP contribution in [-0.2, 0) is 9.53 Å². The number of thioether (sulfide) groups is 1. The number of amides is 2. The molecular formula is C13H22N2O4S. The van der Waals surface area contributed by atoms with E-state index in [1.807, 2.05) is 27.7 Å². The summed E-state index contributed by atoms with van der Waals surface area (Å²) in [4.78, 5) is 27.0. The number of nitrogens with zero attached hydrogens (tertiary/aromatic N) is 2. The highest BCUT2D eigenvalue weighted by Gasteiger charge is 2.44. The Balaban J connectivity index is 2.14. The van der Waals surface area contributed by atoms with E-state index >= 15 is 0 Å². The molecule has 1 N–H and O–H groups in total. The quantitative estimate of drug-likeness (QED) is 0.794. The second-order valence-corrected chi connectivity index (χ2v) is 7.58. The first-order valence-corrected chi connectivity index (χ1v) is 7.83. The van der Waals surface area contributed by atoms with Gasteiger partial charge < -0.3 is 19.6 Å². The molecule has 2 aliphatic rings. The highest BCUT2D eigenvalue weighted by atomic mass is 32.2. The van der Waals surface area contributed by atoms with E-state index in [4.69, 9.17) is 4.74 Å². The SMILES string of the molecule is CC1(C)CN(C(=O)N2CSC[C@H]2C(=O)O)CC(C)(C)O1. The fourth-order valence-electron chi connectivity index (χ4n) is 2.94. The molecule has 0 aromatic rings. The lowest BCUT2D eigenvalue weighted by Crippen LogP contribution is -2.61. The minimum absolute atomic E-state index is 0.202. The van der Waals surface area contributed by atoms with E-state index in [-0.39, 0.29) is 6.03 Å². The van der Waals surface area contributed by atoms with Crippen LogP contribution in [0.3, 0.4) is 0 Å². The normalized spacial score (nSPS) is 28.5. The molecule has 20 heavy (non-hydrogen) atoms. The average molecular weight is 302 g/mol. The summed E-state index contributed by atoms with van der Waals surface area (Å²) in [5.41, 5.74) is -0.855. The lowest BCUT2D eigenvalue weighted by molar-refractivity contribution is -0.172. The van der Waals surface area contributed by atoms with E-state index in [0.717, 1.165) is 0 Å². The molecule has 0 bridgehead atoms. The zero-order valence-electron chi connectivity index (χ0n) is 12.4. The molecule has 2 fully saturated rings. The summed E-state index contributed by atoms with van der Waals surface area (Å²) in [6, 6.07) is -0.923. The van der Waals surface area contributed by atoms with Crippen molar-refractivity contribution in [3.05, 3.63) is 0 Å². The van der Waals surface area contributed by atoms with Gasteiger partial charge in [0.1, 0.15) is 6.04 Å². The van der Waals surface area contributed by atoms with Crippen LogP contribution in [0.1, 0.15) is 27.7 Å². The summed E-state index contributed by atoms with van der Waals surface area (Å²) >= 11 is 1.48. The van der Waals surface area contributed by atoms with Crippen LogP contribution in [0.4, 0.5) is 4.79 Å². The van der Waals surface area contributed by atoms with Gasteiger partial charge in [-0.25, -0.2) is 9.59 Å². The summed E-state index contributed by atoms with van der Waals surface area (Å²) in [5.74, 6) is -0.0400. The molecule has 6 nitrogen and oxygen atoms in total. The Kier molecular flexibility index (Phi) is 3.94. The van der Waals surface area contributed by atoms with Gasteiger partial charge in [0.25, 0.3) is 0 Å². The molecule has 114 valence electrons. The Morgan fingerprint density at radius 2 is 1.75 bits per heavy atom. The average Bonchev–Trinajstić information content (AvgIpc) is 2.72. The fraction of sp³-hybridized carbons (Fsp3) is 0.846. The maximum Gasteiger partial charge on any atom is 0.327 e. The van der Waals surface area contributed by atoms with Crippen molar-refractivity contribution in [3.63, 3.8) is 0 Å². The molecule has 2 rings (SSSR count). The number of ether oxygens (including phenoxy) is 1. The van der Waals surface area contributed by atoms with Gasteiger partial charge in [-0.15, -0.1) is 11.8 Å². The molecule has 2 amide bonds. The van der Waals surface area contributed by atoms with Crippen LogP contribution in [0, 0.1) is 0 Å². The molecule has 0 unspecified atom stereocenters. The van der Waals surface area contributed by atoms with Gasteiger partial charge in [-0.1, -0.05) is 0 Å². The van der Waals surface area contributed by atoms with Crippen molar-refractivity contribution in [3.8, 4) is 0 Å². The number of carboxylic acids is 1. The molecule has 0 aromatic carbocycles. The molecule has 0 aromatic heterocycles. The van der Waals surface area contributed by atoms with Gasteiger partial charge in [-0.2, -0.15) is 0 Å². The Morgan fingerprint density at radius 1 is 1.20 bits per heavy atom. The van der Waals surface area contributed by atoms with Crippen LogP contribution in [0.15, 0.2) is 0 Å². The Morgan fingerprint density at radius 3 is 2.25 bits per heavy atom. The number of rotatable bonds is 1. The largest absolute Gasteiger partial charge is 0.480 e. The fourth-order valence-corrected chi connectivity index (χ4v) is 4.08. The van der Waals surface area contributed by atoms with Gasteiger partial charge >= 0.3 is 12.0 Å². The van der Waals surface area contributed by atoms with Crippen molar-refractivity contribution < 1.29 is 19.4 Å². The van der Waals surface area contributed by atoms with Crippen molar-refractivity contribution in [2.75, 3.05) is 24.7 Å². The molecule has 2 saturated heterocycles. The molecule has 0 spiro atoms. The number of morpholine rings is 1. The third-order valence-corrected chi connectivity index (χ3v) is 4.39. The first kappa shape index (κ1) is 15.4. The van der Waals surface area contributed by atoms with E-state index in [9.17, 15) is 14.7 Å². The van der Waals surface area contributed by atoms with E-state index in [0.29, 0.717) is 24.7 Å². The number of hydrogen-bond donors (Lipinski definition) is 1. The first-order chi connectivity index (χ1) is 9.11. The minimum Gasteiger partial charge on any atom is -0.480 e. The van der Waals surface area contributed by atoms with Crippen molar-refractivity contribution in [1.82, 2.24) is 9.80 Å². The van der Waals surface area contributed by atoms with E-state index in [1.165, 1.54) is 16.7 Å². The predicted octanol–water partition coefficient (Wildman–Crippen LogP) is 1.46. The number of urea groups is 1. The number of hydrogen-bond acceptors (Lipinski definition) is 4. The number of carbonyl (C=O) groups excluding carboxylic acids is 1. The number of carboxylic acid groups (broad SMARTS) is 1. The molecule has 0 aliphatic carbocycles. The number of aliphatic carboxylic acids is 1. The molecule has 2 heterocycles. The van der Waals surface area contributed by atoms with Gasteiger partial charge in [0.15, 0.2) is 0 Å². The lowest BCUT2D eigenvalue weighted by Gasteiger charge is -2.48. The smallest absolute Gasteiger partial charge is 0.327 e. The Hall–Kier alpha value is -0.950. The van der Waals surface area contributed by atoms with Gasteiger partial charge in [0.05, 0.1) is 30.2 Å². The van der Waals surface area contributed by atoms with E-state index in [2.05, 4.69) is 0 Å². The Bertz CT molecular complexity index is 409. The van der Waals surface area contributed by atoms with Crippen molar-refractivity contribution in [2.45, 2.75) is 44.9 Å². The minimum atomic E-state index is -0.935. The maximum atomic E-state index is 12.6. The maximum absolute atomic E-state index is 12.6. The molecule has 2 aliphatic heterocycles. The summed E-state index contributed by atoms with van der Waals surface area (Å²) in [5, 5.41) is 9.19. The second-order valence-electron chi connectivity index (χ2n) is 6.58. The van der Waals surface area contributed by atoms with Crippen LogP contribution in [-0.4, -0.2) is 68.9 Å².